The molecule has 0 aliphatic carbocycles. The SMILES string of the molecule is CCC(C#N)Cc1ccc2nc(Cl)c(C)cc2c1. The summed E-state index contributed by atoms with van der Waals surface area (Å²) in [5.41, 5.74) is 3.06. The summed E-state index contributed by atoms with van der Waals surface area (Å²) >= 11 is 6.00. The van der Waals surface area contributed by atoms with E-state index in [9.17, 15) is 0 Å². The average Bonchev–Trinajstić information content (AvgIpc) is 2.37. The van der Waals surface area contributed by atoms with Gasteiger partial charge in [0.1, 0.15) is 5.15 Å². The van der Waals surface area contributed by atoms with Gasteiger partial charge in [0, 0.05) is 5.39 Å². The quantitative estimate of drug-likeness (QED) is 0.770. The lowest BCUT2D eigenvalue weighted by Crippen LogP contribution is -2.00. The molecule has 18 heavy (non-hydrogen) atoms. The maximum atomic E-state index is 9.00. The molecule has 0 amide bonds. The van der Waals surface area contributed by atoms with Gasteiger partial charge in [0.2, 0.25) is 0 Å². The number of aryl methyl sites for hydroxylation is 1. The molecule has 2 aromatic rings. The molecule has 0 N–H and O–H groups in total. The van der Waals surface area contributed by atoms with Crippen molar-refractivity contribution < 1.29 is 0 Å². The van der Waals surface area contributed by atoms with Crippen LogP contribution in [-0.2, 0) is 6.42 Å². The van der Waals surface area contributed by atoms with Crippen molar-refractivity contribution in [2.45, 2.75) is 26.7 Å². The van der Waals surface area contributed by atoms with Crippen LogP contribution in [0, 0.1) is 24.2 Å². The van der Waals surface area contributed by atoms with Gasteiger partial charge in [-0.1, -0.05) is 24.6 Å². The first-order chi connectivity index (χ1) is 8.63. The minimum Gasteiger partial charge on any atom is -0.236 e. The standard InChI is InChI=1S/C15H15ClN2/c1-3-11(9-17)7-12-4-5-14-13(8-12)6-10(2)15(16)18-14/h4-6,8,11H,3,7H2,1-2H3. The summed E-state index contributed by atoms with van der Waals surface area (Å²) in [6.45, 7) is 3.99. The van der Waals surface area contributed by atoms with Gasteiger partial charge in [-0.05, 0) is 49.1 Å². The van der Waals surface area contributed by atoms with Crippen LogP contribution in [0.15, 0.2) is 24.3 Å². The zero-order valence-electron chi connectivity index (χ0n) is 10.6. The molecule has 0 aliphatic rings. The Bertz CT molecular complexity index is 614. The molecular formula is C15H15ClN2. The molecular weight excluding hydrogens is 244 g/mol. The highest BCUT2D eigenvalue weighted by molar-refractivity contribution is 6.30. The maximum absolute atomic E-state index is 9.00. The van der Waals surface area contributed by atoms with E-state index in [4.69, 9.17) is 16.9 Å². The second-order valence-corrected chi connectivity index (χ2v) is 4.92. The fourth-order valence-corrected chi connectivity index (χ4v) is 2.15. The van der Waals surface area contributed by atoms with Crippen molar-refractivity contribution in [3.63, 3.8) is 0 Å². The number of hydrogen-bond acceptors (Lipinski definition) is 2. The van der Waals surface area contributed by atoms with Crippen molar-refractivity contribution in [1.29, 1.82) is 5.26 Å². The van der Waals surface area contributed by atoms with E-state index in [0.717, 1.165) is 29.3 Å². The molecule has 0 saturated carbocycles. The van der Waals surface area contributed by atoms with E-state index < -0.39 is 0 Å². The Labute approximate surface area is 112 Å². The topological polar surface area (TPSA) is 36.7 Å². The molecule has 1 unspecified atom stereocenters. The molecule has 1 heterocycles. The van der Waals surface area contributed by atoms with Gasteiger partial charge in [0.25, 0.3) is 0 Å². The Morgan fingerprint density at radius 2 is 2.17 bits per heavy atom. The van der Waals surface area contributed by atoms with Gasteiger partial charge in [-0.2, -0.15) is 5.26 Å². The smallest absolute Gasteiger partial charge is 0.132 e. The van der Waals surface area contributed by atoms with Crippen molar-refractivity contribution in [2.75, 3.05) is 0 Å². The van der Waals surface area contributed by atoms with Crippen molar-refractivity contribution in [2.24, 2.45) is 5.92 Å². The van der Waals surface area contributed by atoms with Gasteiger partial charge < -0.3 is 0 Å². The molecule has 1 aromatic carbocycles. The zero-order chi connectivity index (χ0) is 13.1. The number of hydrogen-bond donors (Lipinski definition) is 0. The van der Waals surface area contributed by atoms with E-state index in [1.165, 1.54) is 5.56 Å². The lowest BCUT2D eigenvalue weighted by atomic mass is 9.97. The predicted octanol–water partition coefficient (Wildman–Crippen LogP) is 4.29. The first kappa shape index (κ1) is 12.9. The minimum atomic E-state index is 0.0869. The summed E-state index contributed by atoms with van der Waals surface area (Å²) in [4.78, 5) is 4.34. The van der Waals surface area contributed by atoms with E-state index in [1.54, 1.807) is 0 Å². The van der Waals surface area contributed by atoms with Crippen LogP contribution in [-0.4, -0.2) is 4.98 Å². The summed E-state index contributed by atoms with van der Waals surface area (Å²) in [7, 11) is 0. The van der Waals surface area contributed by atoms with Crippen LogP contribution in [0.25, 0.3) is 10.9 Å². The highest BCUT2D eigenvalue weighted by atomic mass is 35.5. The molecule has 0 bridgehead atoms. The lowest BCUT2D eigenvalue weighted by Gasteiger charge is -2.08. The van der Waals surface area contributed by atoms with Crippen LogP contribution in [0.1, 0.15) is 24.5 Å². The Kier molecular flexibility index (Phi) is 3.84. The van der Waals surface area contributed by atoms with Crippen molar-refractivity contribution in [1.82, 2.24) is 4.98 Å². The third kappa shape index (κ3) is 2.63. The second kappa shape index (κ2) is 5.37. The Morgan fingerprint density at radius 1 is 1.39 bits per heavy atom. The summed E-state index contributed by atoms with van der Waals surface area (Å²) in [5.74, 6) is 0.0869. The van der Waals surface area contributed by atoms with E-state index in [1.807, 2.05) is 32.0 Å². The van der Waals surface area contributed by atoms with Gasteiger partial charge in [-0.3, -0.25) is 0 Å². The van der Waals surface area contributed by atoms with E-state index in [2.05, 4.69) is 17.1 Å². The van der Waals surface area contributed by atoms with Gasteiger partial charge in [0.05, 0.1) is 17.5 Å². The summed E-state index contributed by atoms with van der Waals surface area (Å²) in [6.07, 6.45) is 1.68. The predicted molar refractivity (Wildman–Crippen MR) is 74.6 cm³/mol. The molecule has 2 nitrogen and oxygen atoms in total. The first-order valence-corrected chi connectivity index (χ1v) is 6.47. The Hall–Kier alpha value is -1.59. The summed E-state index contributed by atoms with van der Waals surface area (Å²) in [6, 6.07) is 10.5. The molecule has 92 valence electrons. The molecule has 0 aliphatic heterocycles. The number of pyridine rings is 1. The molecule has 3 heteroatoms. The Morgan fingerprint density at radius 3 is 2.83 bits per heavy atom. The third-order valence-electron chi connectivity index (χ3n) is 3.17. The number of benzene rings is 1. The summed E-state index contributed by atoms with van der Waals surface area (Å²) < 4.78 is 0. The molecule has 2 rings (SSSR count). The lowest BCUT2D eigenvalue weighted by molar-refractivity contribution is 0.638. The third-order valence-corrected chi connectivity index (χ3v) is 3.55. The van der Waals surface area contributed by atoms with E-state index >= 15 is 0 Å². The van der Waals surface area contributed by atoms with Crippen LogP contribution >= 0.6 is 11.6 Å². The molecule has 0 fully saturated rings. The number of nitrogens with zero attached hydrogens (tertiary/aromatic N) is 2. The van der Waals surface area contributed by atoms with Gasteiger partial charge >= 0.3 is 0 Å². The molecule has 1 aromatic heterocycles. The largest absolute Gasteiger partial charge is 0.236 e. The molecule has 0 spiro atoms. The molecule has 0 saturated heterocycles. The van der Waals surface area contributed by atoms with Gasteiger partial charge in [-0.25, -0.2) is 4.98 Å². The van der Waals surface area contributed by atoms with Crippen LogP contribution in [0.3, 0.4) is 0 Å². The van der Waals surface area contributed by atoms with Gasteiger partial charge in [0.15, 0.2) is 0 Å². The van der Waals surface area contributed by atoms with Crippen LogP contribution in [0.5, 0.6) is 0 Å². The number of nitriles is 1. The highest BCUT2D eigenvalue weighted by Crippen LogP contribution is 2.22. The number of aromatic nitrogens is 1. The van der Waals surface area contributed by atoms with Crippen LogP contribution < -0.4 is 0 Å². The normalized spacial score (nSPS) is 12.3. The first-order valence-electron chi connectivity index (χ1n) is 6.09. The average molecular weight is 259 g/mol. The van der Waals surface area contributed by atoms with Crippen molar-refractivity contribution in [3.8, 4) is 6.07 Å². The van der Waals surface area contributed by atoms with E-state index in [0.29, 0.717) is 5.15 Å². The maximum Gasteiger partial charge on any atom is 0.132 e. The van der Waals surface area contributed by atoms with E-state index in [-0.39, 0.29) is 5.92 Å². The fraction of sp³-hybridized carbons (Fsp3) is 0.333. The van der Waals surface area contributed by atoms with Gasteiger partial charge in [-0.15, -0.1) is 0 Å². The zero-order valence-corrected chi connectivity index (χ0v) is 11.3. The number of halogens is 1. The number of fused-ring (bicyclic) bond motifs is 1. The fourth-order valence-electron chi connectivity index (χ4n) is 2.00. The molecule has 1 atom stereocenters. The number of rotatable bonds is 3. The molecule has 0 radical (unpaired) electrons. The Balaban J connectivity index is 2.38. The van der Waals surface area contributed by atoms with Crippen LogP contribution in [0.2, 0.25) is 5.15 Å². The van der Waals surface area contributed by atoms with Crippen molar-refractivity contribution in [3.05, 3.63) is 40.5 Å². The van der Waals surface area contributed by atoms with Crippen LogP contribution in [0.4, 0.5) is 0 Å². The highest BCUT2D eigenvalue weighted by Gasteiger charge is 2.07. The second-order valence-electron chi connectivity index (χ2n) is 4.56. The van der Waals surface area contributed by atoms with Crippen molar-refractivity contribution >= 4 is 22.5 Å². The monoisotopic (exact) mass is 258 g/mol. The summed E-state index contributed by atoms with van der Waals surface area (Å²) in [5, 5.41) is 10.6. The minimum absolute atomic E-state index is 0.0869.